The molecule has 0 spiro atoms. The zero-order valence-electron chi connectivity index (χ0n) is 36.6. The van der Waals surface area contributed by atoms with Crippen LogP contribution in [0.5, 0.6) is 0 Å². The Bertz CT molecular complexity index is 3680. The van der Waals surface area contributed by atoms with Crippen molar-refractivity contribution >= 4 is 89.6 Å². The average molecular weight is 917 g/mol. The monoisotopic (exact) mass is 916 g/mol. The van der Waals surface area contributed by atoms with Gasteiger partial charge in [0.2, 0.25) is 0 Å². The third-order valence-corrected chi connectivity index (χ3v) is 10.7. The summed E-state index contributed by atoms with van der Waals surface area (Å²) in [6.45, 7) is 0. The molecule has 0 radical (unpaired) electrons. The Morgan fingerprint density at radius 2 is 1.04 bits per heavy atom. The number of hydrogen-bond acceptors (Lipinski definition) is 8. The van der Waals surface area contributed by atoms with Gasteiger partial charge in [0.05, 0.1) is 21.9 Å². The van der Waals surface area contributed by atoms with Crippen LogP contribution in [-0.2, 0) is 0 Å². The molecule has 0 saturated carbocycles. The molecule has 6 N–H and O–H groups in total. The number of hydrogen-bond donors (Lipinski definition) is 4. The van der Waals surface area contributed by atoms with Crippen molar-refractivity contribution in [2.45, 2.75) is 0 Å². The molecule has 0 amide bonds. The summed E-state index contributed by atoms with van der Waals surface area (Å²) >= 11 is 0. The number of anilines is 4. The van der Waals surface area contributed by atoms with Crippen molar-refractivity contribution in [3.05, 3.63) is 265 Å². The number of nitro benzene ring substituents is 1. The lowest BCUT2D eigenvalue weighted by Crippen LogP contribution is -1.99. The highest BCUT2D eigenvalue weighted by Gasteiger charge is 2.09. The minimum Gasteiger partial charge on any atom is -0.478 e. The van der Waals surface area contributed by atoms with Gasteiger partial charge in [0.25, 0.3) is 5.69 Å². The van der Waals surface area contributed by atoms with Gasteiger partial charge < -0.3 is 21.9 Å². The van der Waals surface area contributed by atoms with Crippen LogP contribution in [-0.4, -0.2) is 16.0 Å². The Morgan fingerprint density at radius 1 is 0.522 bits per heavy atom. The maximum absolute atomic E-state index is 13.1. The lowest BCUT2D eigenvalue weighted by Gasteiger charge is -2.09. The number of carbonyl (C=O) groups is 1. The van der Waals surface area contributed by atoms with Crippen molar-refractivity contribution in [1.29, 1.82) is 0 Å². The van der Waals surface area contributed by atoms with Crippen molar-refractivity contribution < 1.29 is 23.6 Å². The number of rotatable bonds is 6. The van der Waals surface area contributed by atoms with E-state index in [1.54, 1.807) is 72.8 Å². The zero-order valence-corrected chi connectivity index (χ0v) is 36.6. The van der Waals surface area contributed by atoms with Crippen LogP contribution in [0.1, 0.15) is 21.5 Å². The Kier molecular flexibility index (Phi) is 15.2. The number of nitrogen functional groups attached to an aromatic ring is 2. The summed E-state index contributed by atoms with van der Waals surface area (Å²) in [5, 5.41) is 28.5. The molecule has 0 saturated heterocycles. The molecule has 10 aromatic rings. The molecule has 10 nitrogen and oxygen atoms in total. The molecule has 12 heteroatoms. The fraction of sp³-hybridized carbons (Fsp3) is 0. The quantitative estimate of drug-likeness (QED) is 0.0547. The van der Waals surface area contributed by atoms with Crippen LogP contribution in [0.2, 0.25) is 0 Å². The number of para-hydroxylation sites is 4. The summed E-state index contributed by atoms with van der Waals surface area (Å²) in [5.74, 6) is -1.62. The molecule has 0 aliphatic heterocycles. The number of fused-ring (bicyclic) bond motifs is 4. The number of nitrogens with one attached hydrogen (secondary N) is 1. The number of aromatic carboxylic acids is 1. The summed E-state index contributed by atoms with van der Waals surface area (Å²) in [5.41, 5.74) is 15.4. The maximum Gasteiger partial charge on any atom is 0.336 e. The van der Waals surface area contributed by atoms with E-state index in [9.17, 15) is 33.3 Å². The predicted molar refractivity (Wildman–Crippen MR) is 276 cm³/mol. The van der Waals surface area contributed by atoms with E-state index in [4.69, 9.17) is 16.6 Å². The fourth-order valence-electron chi connectivity index (χ4n) is 7.26. The second-order valence-corrected chi connectivity index (χ2v) is 15.3. The van der Waals surface area contributed by atoms with Crippen LogP contribution in [0.3, 0.4) is 0 Å². The maximum atomic E-state index is 13.1. The second-order valence-electron chi connectivity index (χ2n) is 15.3. The highest BCUT2D eigenvalue weighted by atomic mass is 19.1. The number of nitrogens with two attached hydrogens (primary N) is 2. The zero-order chi connectivity index (χ0) is 48.9. The highest BCUT2D eigenvalue weighted by Crippen LogP contribution is 2.26. The van der Waals surface area contributed by atoms with Gasteiger partial charge in [0, 0.05) is 33.3 Å². The minimum atomic E-state index is -0.977. The first kappa shape index (κ1) is 47.4. The van der Waals surface area contributed by atoms with Gasteiger partial charge in [0.15, 0.2) is 10.9 Å². The van der Waals surface area contributed by atoms with Crippen molar-refractivity contribution in [2.24, 2.45) is 0 Å². The summed E-state index contributed by atoms with van der Waals surface area (Å²) in [4.78, 5) is 45.7. The Morgan fingerprint density at radius 3 is 1.65 bits per heavy atom. The normalized spacial score (nSPS) is 10.6. The number of nitro groups is 1. The third kappa shape index (κ3) is 12.0. The Balaban J connectivity index is 0.000000141. The minimum absolute atomic E-state index is 0.0394. The highest BCUT2D eigenvalue weighted by molar-refractivity contribution is 5.96. The van der Waals surface area contributed by atoms with Crippen LogP contribution < -0.4 is 27.6 Å². The van der Waals surface area contributed by atoms with E-state index in [2.05, 4.69) is 5.32 Å². The first-order valence-electron chi connectivity index (χ1n) is 21.3. The smallest absolute Gasteiger partial charge is 0.336 e. The van der Waals surface area contributed by atoms with Gasteiger partial charge in [-0.15, -0.1) is 0 Å². The van der Waals surface area contributed by atoms with Gasteiger partial charge in [-0.05, 0) is 105 Å². The average Bonchev–Trinajstić information content (AvgIpc) is 3.58. The summed E-state index contributed by atoms with van der Waals surface area (Å²) in [6, 6.07) is 59.1. The lowest BCUT2D eigenvalue weighted by molar-refractivity contribution is -0.383. The first-order valence-corrected chi connectivity index (χ1v) is 21.3. The molecule has 340 valence electrons. The van der Waals surface area contributed by atoms with E-state index in [1.807, 2.05) is 103 Å². The SMILES string of the molecule is Nc1ccccc1Nc1ccc2c(=O)c3ccccc3ccc2c1.Nc1ccccc1[N+](=O)[O-].O=C(O)c1ccccc1/C=C\c1cccc(F)c1.O=c1c2ccccc2ccc2cc(F)ccc12. The molecule has 0 atom stereocenters. The molecule has 0 aliphatic carbocycles. The number of nitrogens with zero attached hydrogens (tertiary/aromatic N) is 1. The van der Waals surface area contributed by atoms with Gasteiger partial charge in [-0.1, -0.05) is 140 Å². The van der Waals surface area contributed by atoms with Crippen molar-refractivity contribution in [3.8, 4) is 0 Å². The molecule has 0 aliphatic rings. The van der Waals surface area contributed by atoms with Crippen molar-refractivity contribution in [3.63, 3.8) is 0 Å². The molecule has 10 rings (SSSR count). The third-order valence-electron chi connectivity index (χ3n) is 10.7. The van der Waals surface area contributed by atoms with Gasteiger partial charge >= 0.3 is 5.97 Å². The number of carboxylic acids is 1. The number of carboxylic acid groups (broad SMARTS) is 1. The Hall–Kier alpha value is -9.55. The molecule has 0 aromatic heterocycles. The molecule has 0 heterocycles. The van der Waals surface area contributed by atoms with E-state index in [0.29, 0.717) is 38.4 Å². The number of halogens is 2. The van der Waals surface area contributed by atoms with Crippen LogP contribution in [0.25, 0.3) is 55.2 Å². The van der Waals surface area contributed by atoms with E-state index in [-0.39, 0.29) is 39.4 Å². The second kappa shape index (κ2) is 22.1. The van der Waals surface area contributed by atoms with Crippen LogP contribution in [0, 0.1) is 21.7 Å². The van der Waals surface area contributed by atoms with Crippen molar-refractivity contribution in [1.82, 2.24) is 0 Å². The van der Waals surface area contributed by atoms with E-state index >= 15 is 0 Å². The van der Waals surface area contributed by atoms with E-state index < -0.39 is 10.9 Å². The molecule has 0 fully saturated rings. The van der Waals surface area contributed by atoms with E-state index in [1.165, 1.54) is 42.5 Å². The molecule has 0 bridgehead atoms. The molecule has 10 aromatic carbocycles. The van der Waals surface area contributed by atoms with Gasteiger partial charge in [-0.2, -0.15) is 0 Å². The predicted octanol–water partition coefficient (Wildman–Crippen LogP) is 13.0. The summed E-state index contributed by atoms with van der Waals surface area (Å²) in [6.07, 6.45) is 3.35. The van der Waals surface area contributed by atoms with Crippen LogP contribution >= 0.6 is 0 Å². The molecular weight excluding hydrogens is 875 g/mol. The van der Waals surface area contributed by atoms with E-state index in [0.717, 1.165) is 32.9 Å². The Labute approximate surface area is 393 Å². The molecular formula is C57H42F2N4O6. The lowest BCUT2D eigenvalue weighted by atomic mass is 10.1. The molecule has 69 heavy (non-hydrogen) atoms. The number of benzene rings is 8. The van der Waals surface area contributed by atoms with Gasteiger partial charge in [-0.3, -0.25) is 19.7 Å². The molecule has 0 unspecified atom stereocenters. The topological polar surface area (TPSA) is 179 Å². The van der Waals surface area contributed by atoms with Gasteiger partial charge in [-0.25, -0.2) is 13.6 Å². The van der Waals surface area contributed by atoms with Gasteiger partial charge in [0.1, 0.15) is 17.3 Å². The summed E-state index contributed by atoms with van der Waals surface area (Å²) in [7, 11) is 0. The standard InChI is InChI=1S/C21H16N2O.C15H11FO2.C15H9FO.C6H6N2O2/c22-19-7-3-4-8-20(19)23-16-11-12-18-15(13-16)10-9-14-5-1-2-6-17(14)21(18)24;16-13-6-3-4-11(10-13)8-9-12-5-1-2-7-14(12)15(17)18;16-12-7-8-14-11(9-12)6-5-10-3-1-2-4-13(10)15(14)17;7-5-3-1-2-4-6(5)8(9)10/h1-13,23H,22H2;1-10H,(H,17,18);1-9H;1-4H,7H2/b;9-8-;;. The van der Waals surface area contributed by atoms with Crippen LogP contribution in [0.15, 0.2) is 216 Å². The first-order chi connectivity index (χ1) is 33.4. The largest absolute Gasteiger partial charge is 0.478 e. The summed E-state index contributed by atoms with van der Waals surface area (Å²) < 4.78 is 26.1. The fourth-order valence-corrected chi connectivity index (χ4v) is 7.26. The van der Waals surface area contributed by atoms with Crippen molar-refractivity contribution in [2.75, 3.05) is 16.8 Å². The van der Waals surface area contributed by atoms with Crippen LogP contribution in [0.4, 0.5) is 37.2 Å².